The highest BCUT2D eigenvalue weighted by Crippen LogP contribution is 2.40. The van der Waals surface area contributed by atoms with E-state index in [-0.39, 0.29) is 18.1 Å². The van der Waals surface area contributed by atoms with Crippen molar-refractivity contribution >= 4 is 12.1 Å². The van der Waals surface area contributed by atoms with Crippen LogP contribution in [0.15, 0.2) is 0 Å². The third-order valence-electron chi connectivity index (χ3n) is 4.48. The minimum absolute atomic E-state index is 0.0824. The van der Waals surface area contributed by atoms with Crippen molar-refractivity contribution in [3.63, 3.8) is 0 Å². The van der Waals surface area contributed by atoms with E-state index in [1.165, 1.54) is 0 Å². The minimum Gasteiger partial charge on any atom is -0.466 e. The van der Waals surface area contributed by atoms with Gasteiger partial charge in [-0.1, -0.05) is 0 Å². The van der Waals surface area contributed by atoms with Crippen molar-refractivity contribution in [2.75, 3.05) is 26.2 Å². The van der Waals surface area contributed by atoms with E-state index in [9.17, 15) is 9.59 Å². The first kappa shape index (κ1) is 17.1. The number of nitrogens with zero attached hydrogens (tertiary/aromatic N) is 1. The summed E-state index contributed by atoms with van der Waals surface area (Å²) in [5.74, 6) is -0.129. The molecule has 126 valence electrons. The van der Waals surface area contributed by atoms with Crippen molar-refractivity contribution in [1.82, 2.24) is 10.2 Å². The minimum atomic E-state index is -0.504. The second-order valence-corrected chi connectivity index (χ2v) is 7.14. The van der Waals surface area contributed by atoms with Gasteiger partial charge < -0.3 is 19.7 Å². The maximum absolute atomic E-state index is 12.5. The second kappa shape index (κ2) is 6.44. The van der Waals surface area contributed by atoms with E-state index >= 15 is 0 Å². The van der Waals surface area contributed by atoms with Crippen LogP contribution >= 0.6 is 0 Å². The maximum Gasteiger partial charge on any atom is 0.410 e. The number of carbonyl (C=O) groups excluding carboxylic acids is 2. The topological polar surface area (TPSA) is 67.9 Å². The molecular weight excluding hydrogens is 284 g/mol. The van der Waals surface area contributed by atoms with Gasteiger partial charge in [-0.25, -0.2) is 4.79 Å². The Kier molecular flexibility index (Phi) is 5.00. The lowest BCUT2D eigenvalue weighted by Crippen LogP contribution is -2.43. The van der Waals surface area contributed by atoms with Crippen LogP contribution in [-0.4, -0.2) is 54.8 Å². The zero-order valence-corrected chi connectivity index (χ0v) is 14.1. The monoisotopic (exact) mass is 312 g/mol. The Balaban J connectivity index is 2.07. The standard InChI is InChI=1S/C16H28N2O4/c1-5-21-13(19)16-7-9-17-12(16)6-10-18(11-8-16)14(20)22-15(2,3)4/h12,17H,5-11H2,1-4H3. The van der Waals surface area contributed by atoms with Crippen LogP contribution in [0, 0.1) is 5.41 Å². The number of fused-ring (bicyclic) bond motifs is 1. The van der Waals surface area contributed by atoms with Gasteiger partial charge in [-0.15, -0.1) is 0 Å². The van der Waals surface area contributed by atoms with Gasteiger partial charge in [-0.3, -0.25) is 4.79 Å². The van der Waals surface area contributed by atoms with E-state index in [0.29, 0.717) is 26.1 Å². The van der Waals surface area contributed by atoms with Gasteiger partial charge in [-0.2, -0.15) is 0 Å². The van der Waals surface area contributed by atoms with E-state index < -0.39 is 11.0 Å². The molecule has 1 N–H and O–H groups in total. The number of nitrogens with one attached hydrogen (secondary N) is 1. The average Bonchev–Trinajstić information content (AvgIpc) is 2.72. The number of amides is 1. The molecule has 2 atom stereocenters. The maximum atomic E-state index is 12.5. The summed E-state index contributed by atoms with van der Waals surface area (Å²) < 4.78 is 10.8. The van der Waals surface area contributed by atoms with Gasteiger partial charge in [-0.05, 0) is 53.5 Å². The third-order valence-corrected chi connectivity index (χ3v) is 4.48. The molecule has 2 heterocycles. The van der Waals surface area contributed by atoms with Gasteiger partial charge in [0.1, 0.15) is 5.60 Å². The fraction of sp³-hybridized carbons (Fsp3) is 0.875. The van der Waals surface area contributed by atoms with E-state index in [0.717, 1.165) is 19.4 Å². The average molecular weight is 312 g/mol. The van der Waals surface area contributed by atoms with Crippen LogP contribution in [0.4, 0.5) is 4.79 Å². The summed E-state index contributed by atoms with van der Waals surface area (Å²) in [6, 6.07) is 0.0824. The van der Waals surface area contributed by atoms with Gasteiger partial charge in [0.05, 0.1) is 12.0 Å². The molecule has 0 spiro atoms. The molecular formula is C16H28N2O4. The molecule has 2 aliphatic heterocycles. The molecule has 6 heteroatoms. The summed E-state index contributed by atoms with van der Waals surface area (Å²) in [5, 5.41) is 3.41. The SMILES string of the molecule is CCOC(=O)C12CCNC1CCN(C(=O)OC(C)(C)C)CC2. The van der Waals surface area contributed by atoms with Crippen LogP contribution < -0.4 is 5.32 Å². The summed E-state index contributed by atoms with van der Waals surface area (Å²) in [6.07, 6.45) is 1.85. The lowest BCUT2D eigenvalue weighted by Gasteiger charge is -2.30. The Hall–Kier alpha value is -1.30. The van der Waals surface area contributed by atoms with Gasteiger partial charge in [0.15, 0.2) is 0 Å². The largest absolute Gasteiger partial charge is 0.466 e. The van der Waals surface area contributed by atoms with Crippen molar-refractivity contribution in [1.29, 1.82) is 0 Å². The van der Waals surface area contributed by atoms with Crippen LogP contribution in [-0.2, 0) is 14.3 Å². The van der Waals surface area contributed by atoms with E-state index in [1.807, 2.05) is 27.7 Å². The predicted octanol–water partition coefficient (Wildman–Crippen LogP) is 1.93. The van der Waals surface area contributed by atoms with Crippen molar-refractivity contribution in [3.05, 3.63) is 0 Å². The van der Waals surface area contributed by atoms with E-state index in [4.69, 9.17) is 9.47 Å². The Morgan fingerprint density at radius 3 is 2.64 bits per heavy atom. The molecule has 22 heavy (non-hydrogen) atoms. The lowest BCUT2D eigenvalue weighted by molar-refractivity contribution is -0.156. The Bertz CT molecular complexity index is 432. The van der Waals surface area contributed by atoms with Gasteiger partial charge in [0.25, 0.3) is 0 Å². The first-order chi connectivity index (χ1) is 10.3. The fourth-order valence-electron chi connectivity index (χ4n) is 3.38. The van der Waals surface area contributed by atoms with Crippen LogP contribution in [0.2, 0.25) is 0 Å². The van der Waals surface area contributed by atoms with Gasteiger partial charge in [0, 0.05) is 19.1 Å². The summed E-state index contributed by atoms with van der Waals surface area (Å²) in [6.45, 7) is 9.77. The highest BCUT2D eigenvalue weighted by atomic mass is 16.6. The molecule has 2 unspecified atom stereocenters. The second-order valence-electron chi connectivity index (χ2n) is 7.14. The summed E-state index contributed by atoms with van der Waals surface area (Å²) >= 11 is 0. The number of rotatable bonds is 2. The zero-order chi connectivity index (χ0) is 16.4. The Morgan fingerprint density at radius 2 is 2.00 bits per heavy atom. The van der Waals surface area contributed by atoms with Crippen molar-refractivity contribution in [3.8, 4) is 0 Å². The molecule has 0 aliphatic carbocycles. The van der Waals surface area contributed by atoms with Crippen LogP contribution in [0.1, 0.15) is 47.0 Å². The molecule has 0 aromatic carbocycles. The van der Waals surface area contributed by atoms with Crippen LogP contribution in [0.25, 0.3) is 0 Å². The third kappa shape index (κ3) is 3.54. The summed E-state index contributed by atoms with van der Waals surface area (Å²) in [7, 11) is 0. The number of hydrogen-bond donors (Lipinski definition) is 1. The highest BCUT2D eigenvalue weighted by molar-refractivity contribution is 5.79. The molecule has 0 saturated carbocycles. The van der Waals surface area contributed by atoms with E-state index in [2.05, 4.69) is 5.32 Å². The molecule has 0 bridgehead atoms. The number of ether oxygens (including phenoxy) is 2. The lowest BCUT2D eigenvalue weighted by atomic mass is 9.77. The number of carbonyl (C=O) groups is 2. The Morgan fingerprint density at radius 1 is 1.27 bits per heavy atom. The van der Waals surface area contributed by atoms with Crippen LogP contribution in [0.3, 0.4) is 0 Å². The molecule has 2 rings (SSSR count). The molecule has 2 aliphatic rings. The van der Waals surface area contributed by atoms with Crippen molar-refractivity contribution in [2.45, 2.75) is 58.6 Å². The van der Waals surface area contributed by atoms with Crippen molar-refractivity contribution in [2.24, 2.45) is 5.41 Å². The van der Waals surface area contributed by atoms with Gasteiger partial charge >= 0.3 is 12.1 Å². The number of likely N-dealkylation sites (tertiary alicyclic amines) is 1. The molecule has 2 fully saturated rings. The van der Waals surface area contributed by atoms with Crippen molar-refractivity contribution < 1.29 is 19.1 Å². The first-order valence-corrected chi connectivity index (χ1v) is 8.17. The molecule has 2 saturated heterocycles. The molecule has 0 radical (unpaired) electrons. The Labute approximate surface area is 132 Å². The first-order valence-electron chi connectivity index (χ1n) is 8.17. The number of hydrogen-bond acceptors (Lipinski definition) is 5. The summed E-state index contributed by atoms with van der Waals surface area (Å²) in [4.78, 5) is 26.4. The zero-order valence-electron chi connectivity index (χ0n) is 14.1. The van der Waals surface area contributed by atoms with Gasteiger partial charge in [0.2, 0.25) is 0 Å². The molecule has 1 amide bonds. The predicted molar refractivity (Wildman–Crippen MR) is 82.5 cm³/mol. The van der Waals surface area contributed by atoms with E-state index in [1.54, 1.807) is 4.90 Å². The summed E-state index contributed by atoms with van der Waals surface area (Å²) in [5.41, 5.74) is -0.997. The highest BCUT2D eigenvalue weighted by Gasteiger charge is 2.51. The smallest absolute Gasteiger partial charge is 0.410 e. The fourth-order valence-corrected chi connectivity index (χ4v) is 3.38. The normalized spacial score (nSPS) is 28.7. The molecule has 6 nitrogen and oxygen atoms in total. The molecule has 0 aromatic heterocycles. The number of esters is 1. The molecule has 0 aromatic rings. The van der Waals surface area contributed by atoms with Crippen LogP contribution in [0.5, 0.6) is 0 Å². The quantitative estimate of drug-likeness (QED) is 0.789.